The van der Waals surface area contributed by atoms with Gasteiger partial charge < -0.3 is 0 Å². The van der Waals surface area contributed by atoms with Gasteiger partial charge in [-0.2, -0.15) is 10.2 Å². The summed E-state index contributed by atoms with van der Waals surface area (Å²) < 4.78 is 1.70. The lowest BCUT2D eigenvalue weighted by atomic mass is 10.1. The lowest BCUT2D eigenvalue weighted by Crippen LogP contribution is -2.19. The fraction of sp³-hybridized carbons (Fsp3) is 0.0417. The molecule has 0 saturated carbocycles. The molecule has 0 saturated heterocycles. The molecule has 1 heterocycles. The van der Waals surface area contributed by atoms with Gasteiger partial charge in [-0.05, 0) is 36.8 Å². The Morgan fingerprint density at radius 1 is 0.933 bits per heavy atom. The summed E-state index contributed by atoms with van der Waals surface area (Å²) in [5.41, 5.74) is 6.97. The molecule has 30 heavy (non-hydrogen) atoms. The van der Waals surface area contributed by atoms with Crippen molar-refractivity contribution in [2.45, 2.75) is 6.92 Å². The van der Waals surface area contributed by atoms with Crippen LogP contribution in [0.4, 0.5) is 0 Å². The SMILES string of the molecule is C/C(=N/NC(=O)c1cn(-c2ccccc2)nc1-c1ccccc1)c1ccc(Cl)cc1. The molecule has 0 unspecified atom stereocenters. The molecule has 4 rings (SSSR count). The Balaban J connectivity index is 1.66. The fourth-order valence-corrected chi connectivity index (χ4v) is 3.14. The van der Waals surface area contributed by atoms with Gasteiger partial charge in [0.1, 0.15) is 5.69 Å². The zero-order chi connectivity index (χ0) is 20.9. The molecular formula is C24H19ClN4O. The van der Waals surface area contributed by atoms with E-state index in [9.17, 15) is 4.79 Å². The van der Waals surface area contributed by atoms with Crippen molar-refractivity contribution < 1.29 is 4.79 Å². The van der Waals surface area contributed by atoms with Crippen molar-refractivity contribution in [2.75, 3.05) is 0 Å². The number of hydrazone groups is 1. The van der Waals surface area contributed by atoms with Gasteiger partial charge in [0.15, 0.2) is 0 Å². The Morgan fingerprint density at radius 2 is 1.57 bits per heavy atom. The Bertz CT molecular complexity index is 1180. The second-order valence-corrected chi connectivity index (χ2v) is 7.12. The maximum absolute atomic E-state index is 13.0. The van der Waals surface area contributed by atoms with E-state index in [4.69, 9.17) is 11.6 Å². The molecule has 5 nitrogen and oxygen atoms in total. The Labute approximate surface area is 179 Å². The van der Waals surface area contributed by atoms with Crippen molar-refractivity contribution in [2.24, 2.45) is 5.10 Å². The molecule has 4 aromatic rings. The summed E-state index contributed by atoms with van der Waals surface area (Å²) in [5.74, 6) is -0.329. The van der Waals surface area contributed by atoms with E-state index in [2.05, 4.69) is 15.6 Å². The van der Waals surface area contributed by atoms with E-state index < -0.39 is 0 Å². The lowest BCUT2D eigenvalue weighted by molar-refractivity contribution is 0.0955. The normalized spacial score (nSPS) is 11.3. The molecular weight excluding hydrogens is 396 g/mol. The van der Waals surface area contributed by atoms with Crippen molar-refractivity contribution in [1.29, 1.82) is 0 Å². The average molecular weight is 415 g/mol. The van der Waals surface area contributed by atoms with E-state index in [0.717, 1.165) is 16.8 Å². The second kappa shape index (κ2) is 8.76. The number of amides is 1. The van der Waals surface area contributed by atoms with Crippen LogP contribution >= 0.6 is 11.6 Å². The van der Waals surface area contributed by atoms with Gasteiger partial charge in [-0.3, -0.25) is 4.79 Å². The Kier molecular flexibility index (Phi) is 5.72. The van der Waals surface area contributed by atoms with E-state index in [1.165, 1.54) is 0 Å². The number of benzene rings is 3. The number of halogens is 1. The van der Waals surface area contributed by atoms with Crippen molar-refractivity contribution in [3.63, 3.8) is 0 Å². The molecule has 0 fully saturated rings. The molecule has 0 aliphatic heterocycles. The van der Waals surface area contributed by atoms with Crippen LogP contribution in [-0.4, -0.2) is 21.4 Å². The molecule has 0 bridgehead atoms. The van der Waals surface area contributed by atoms with Crippen molar-refractivity contribution >= 4 is 23.2 Å². The Hall–Kier alpha value is -3.70. The minimum atomic E-state index is -0.329. The van der Waals surface area contributed by atoms with Crippen molar-refractivity contribution in [3.8, 4) is 16.9 Å². The number of carbonyl (C=O) groups excluding carboxylic acids is 1. The first kappa shape index (κ1) is 19.6. The molecule has 148 valence electrons. The summed E-state index contributed by atoms with van der Waals surface area (Å²) in [4.78, 5) is 13.0. The number of hydrogen-bond acceptors (Lipinski definition) is 3. The van der Waals surface area contributed by atoms with Gasteiger partial charge in [-0.1, -0.05) is 72.3 Å². The van der Waals surface area contributed by atoms with Crippen molar-refractivity contribution in [3.05, 3.63) is 107 Å². The Morgan fingerprint density at radius 3 is 2.23 bits per heavy atom. The van der Waals surface area contributed by atoms with Gasteiger partial charge >= 0.3 is 0 Å². The lowest BCUT2D eigenvalue weighted by Gasteiger charge is -2.04. The number of rotatable bonds is 5. The number of hydrogen-bond donors (Lipinski definition) is 1. The zero-order valence-corrected chi connectivity index (χ0v) is 17.0. The van der Waals surface area contributed by atoms with Gasteiger partial charge in [-0.15, -0.1) is 0 Å². The summed E-state index contributed by atoms with van der Waals surface area (Å²) in [7, 11) is 0. The number of carbonyl (C=O) groups is 1. The molecule has 0 aliphatic rings. The number of nitrogens with zero attached hydrogens (tertiary/aromatic N) is 3. The third kappa shape index (κ3) is 4.31. The number of para-hydroxylation sites is 1. The summed E-state index contributed by atoms with van der Waals surface area (Å²) in [6.07, 6.45) is 1.72. The molecule has 0 aliphatic carbocycles. The molecule has 3 aromatic carbocycles. The predicted molar refractivity (Wildman–Crippen MR) is 120 cm³/mol. The first-order valence-corrected chi connectivity index (χ1v) is 9.81. The minimum absolute atomic E-state index is 0.329. The van der Waals surface area contributed by atoms with Crippen LogP contribution in [0.15, 0.2) is 96.2 Å². The molecule has 0 radical (unpaired) electrons. The highest BCUT2D eigenvalue weighted by Crippen LogP contribution is 2.23. The number of aromatic nitrogens is 2. The van der Waals surface area contributed by atoms with E-state index in [1.54, 1.807) is 23.0 Å². The molecule has 0 spiro atoms. The molecule has 1 amide bonds. The van der Waals surface area contributed by atoms with E-state index in [0.29, 0.717) is 22.0 Å². The van der Waals surface area contributed by atoms with Gasteiger partial charge in [0.05, 0.1) is 17.0 Å². The highest BCUT2D eigenvalue weighted by Gasteiger charge is 2.18. The average Bonchev–Trinajstić information content (AvgIpc) is 3.25. The highest BCUT2D eigenvalue weighted by molar-refractivity contribution is 6.30. The molecule has 0 atom stereocenters. The molecule has 6 heteroatoms. The predicted octanol–water partition coefficient (Wildman–Crippen LogP) is 5.35. The van der Waals surface area contributed by atoms with Crippen LogP contribution in [0, 0.1) is 0 Å². The van der Waals surface area contributed by atoms with Crippen molar-refractivity contribution in [1.82, 2.24) is 15.2 Å². The van der Waals surface area contributed by atoms with Crippen LogP contribution in [-0.2, 0) is 0 Å². The van der Waals surface area contributed by atoms with E-state index in [1.807, 2.05) is 79.7 Å². The maximum atomic E-state index is 13.0. The topological polar surface area (TPSA) is 59.3 Å². The minimum Gasteiger partial charge on any atom is -0.267 e. The van der Waals surface area contributed by atoms with Crippen LogP contribution in [0.2, 0.25) is 5.02 Å². The first-order chi connectivity index (χ1) is 14.6. The van der Waals surface area contributed by atoms with Gasteiger partial charge in [0.2, 0.25) is 0 Å². The van der Waals surface area contributed by atoms with Crippen LogP contribution in [0.5, 0.6) is 0 Å². The number of nitrogens with one attached hydrogen (secondary N) is 1. The smallest absolute Gasteiger partial charge is 0.267 e. The molecule has 1 aromatic heterocycles. The van der Waals surface area contributed by atoms with Crippen LogP contribution in [0.3, 0.4) is 0 Å². The van der Waals surface area contributed by atoms with Gasteiger partial charge in [-0.25, -0.2) is 10.1 Å². The highest BCUT2D eigenvalue weighted by atomic mass is 35.5. The largest absolute Gasteiger partial charge is 0.275 e. The summed E-state index contributed by atoms with van der Waals surface area (Å²) in [6, 6.07) is 26.6. The second-order valence-electron chi connectivity index (χ2n) is 6.68. The van der Waals surface area contributed by atoms with E-state index >= 15 is 0 Å². The zero-order valence-electron chi connectivity index (χ0n) is 16.3. The van der Waals surface area contributed by atoms with Gasteiger partial charge in [0.25, 0.3) is 5.91 Å². The monoisotopic (exact) mass is 414 g/mol. The third-order valence-electron chi connectivity index (χ3n) is 4.61. The first-order valence-electron chi connectivity index (χ1n) is 9.43. The standard InChI is InChI=1S/C24H19ClN4O/c1-17(18-12-14-20(25)15-13-18)26-27-24(30)22-16-29(21-10-6-3-7-11-21)28-23(22)19-8-4-2-5-9-19/h2-16H,1H3,(H,27,30)/b26-17-. The van der Waals surface area contributed by atoms with Crippen LogP contribution in [0.25, 0.3) is 16.9 Å². The third-order valence-corrected chi connectivity index (χ3v) is 4.87. The van der Waals surface area contributed by atoms with E-state index in [-0.39, 0.29) is 5.91 Å². The molecule has 1 N–H and O–H groups in total. The van der Waals surface area contributed by atoms with Crippen LogP contribution in [0.1, 0.15) is 22.8 Å². The summed E-state index contributed by atoms with van der Waals surface area (Å²) in [5, 5.41) is 9.56. The summed E-state index contributed by atoms with van der Waals surface area (Å²) >= 11 is 5.93. The summed E-state index contributed by atoms with van der Waals surface area (Å²) in [6.45, 7) is 1.83. The maximum Gasteiger partial charge on any atom is 0.275 e. The van der Waals surface area contributed by atoms with Gasteiger partial charge in [0, 0.05) is 16.8 Å². The quantitative estimate of drug-likeness (QED) is 0.353. The fourth-order valence-electron chi connectivity index (χ4n) is 3.01. The van der Waals surface area contributed by atoms with Crippen LogP contribution < -0.4 is 5.43 Å².